The first kappa shape index (κ1) is 25.5. The van der Waals surface area contributed by atoms with E-state index in [9.17, 15) is 9.59 Å². The number of carbonyl (C=O) groups is 2. The minimum Gasteiger partial charge on any atom is -0.454 e. The summed E-state index contributed by atoms with van der Waals surface area (Å²) in [5.41, 5.74) is 9.65. The highest BCUT2D eigenvalue weighted by molar-refractivity contribution is 7.08. The smallest absolute Gasteiger partial charge is 0.317 e. The van der Waals surface area contributed by atoms with Crippen LogP contribution in [-0.4, -0.2) is 67.1 Å². The molecule has 3 aromatic rings. The number of benzene rings is 1. The van der Waals surface area contributed by atoms with E-state index in [1.54, 1.807) is 17.2 Å². The van der Waals surface area contributed by atoms with E-state index in [-0.39, 0.29) is 25.0 Å². The third kappa shape index (κ3) is 6.73. The van der Waals surface area contributed by atoms with E-state index in [2.05, 4.69) is 10.3 Å². The molecule has 0 radical (unpaired) electrons. The van der Waals surface area contributed by atoms with Crippen LogP contribution >= 0.6 is 11.3 Å². The molecule has 3 heterocycles. The molecule has 0 saturated heterocycles. The van der Waals surface area contributed by atoms with Crippen LogP contribution in [0.5, 0.6) is 11.5 Å². The number of nitrogens with zero attached hydrogens (tertiary/aromatic N) is 3. The molecule has 0 bridgehead atoms. The highest BCUT2D eigenvalue weighted by Crippen LogP contribution is 2.32. The van der Waals surface area contributed by atoms with Crippen LogP contribution in [0.3, 0.4) is 0 Å². The third-order valence-electron chi connectivity index (χ3n) is 5.84. The number of amides is 2. The molecule has 10 heteroatoms. The molecule has 0 atom stereocenters. The number of Topliss-reactive ketones (excluding diaryl/α,β-unsaturated/α-hetero) is 1. The topological polar surface area (TPSA) is 110 Å². The van der Waals surface area contributed by atoms with Crippen molar-refractivity contribution in [1.82, 2.24) is 20.1 Å². The molecular weight excluding hydrogens is 478 g/mol. The fourth-order valence-electron chi connectivity index (χ4n) is 3.74. The summed E-state index contributed by atoms with van der Waals surface area (Å²) >= 11 is 1.48. The Kier molecular flexibility index (Phi) is 8.40. The second kappa shape index (κ2) is 11.9. The minimum absolute atomic E-state index is 0.0858. The van der Waals surface area contributed by atoms with Gasteiger partial charge >= 0.3 is 6.03 Å². The molecule has 1 aromatic carbocycles. The van der Waals surface area contributed by atoms with Gasteiger partial charge in [0.25, 0.3) is 0 Å². The van der Waals surface area contributed by atoms with Crippen molar-refractivity contribution in [1.29, 1.82) is 0 Å². The zero-order valence-corrected chi connectivity index (χ0v) is 21.3. The molecule has 190 valence electrons. The number of anilines is 1. The molecule has 0 aliphatic carbocycles. The van der Waals surface area contributed by atoms with Crippen molar-refractivity contribution in [3.05, 3.63) is 69.7 Å². The molecule has 1 aliphatic rings. The molecule has 0 unspecified atom stereocenters. The van der Waals surface area contributed by atoms with Crippen LogP contribution < -0.4 is 20.5 Å². The molecule has 0 spiro atoms. The maximum absolute atomic E-state index is 13.0. The molecular formula is C26H31N5O4S. The zero-order valence-electron chi connectivity index (χ0n) is 20.5. The van der Waals surface area contributed by atoms with Gasteiger partial charge in [0.15, 0.2) is 17.3 Å². The van der Waals surface area contributed by atoms with Gasteiger partial charge in [-0.25, -0.2) is 4.79 Å². The second-order valence-corrected chi connectivity index (χ2v) is 9.64. The number of hydrogen-bond donors (Lipinski definition) is 2. The maximum atomic E-state index is 13.0. The van der Waals surface area contributed by atoms with Crippen LogP contribution in [0.15, 0.2) is 47.3 Å². The van der Waals surface area contributed by atoms with Crippen molar-refractivity contribution < 1.29 is 19.1 Å². The van der Waals surface area contributed by atoms with Crippen LogP contribution in [0.25, 0.3) is 0 Å². The maximum Gasteiger partial charge on any atom is 0.317 e. The van der Waals surface area contributed by atoms with Crippen LogP contribution in [-0.2, 0) is 19.4 Å². The number of ether oxygens (including phenoxy) is 2. The van der Waals surface area contributed by atoms with Gasteiger partial charge in [0.05, 0.1) is 0 Å². The van der Waals surface area contributed by atoms with Gasteiger partial charge in [-0.05, 0) is 60.8 Å². The lowest BCUT2D eigenvalue weighted by molar-refractivity contribution is 0.0988. The number of rotatable bonds is 11. The number of likely N-dealkylation sites (N-methyl/N-ethyl adjacent to an activating group) is 1. The SMILES string of the molecule is CN(C)CCN(Cc1ccc(C(=O)Cc2cscc2N)nc1)C(=O)NCCc1ccc2c(c1)OCO2. The molecule has 0 fully saturated rings. The second-order valence-electron chi connectivity index (χ2n) is 8.90. The molecule has 2 aromatic heterocycles. The molecule has 2 amide bonds. The Morgan fingerprint density at radius 2 is 1.89 bits per heavy atom. The Hall–Kier alpha value is -3.63. The van der Waals surface area contributed by atoms with E-state index < -0.39 is 0 Å². The van der Waals surface area contributed by atoms with Gasteiger partial charge in [0, 0.05) is 49.9 Å². The van der Waals surface area contributed by atoms with Gasteiger partial charge < -0.3 is 30.3 Å². The Morgan fingerprint density at radius 1 is 1.08 bits per heavy atom. The number of hydrogen-bond acceptors (Lipinski definition) is 8. The average molecular weight is 510 g/mol. The average Bonchev–Trinajstić information content (AvgIpc) is 3.50. The first-order valence-electron chi connectivity index (χ1n) is 11.7. The number of nitrogen functional groups attached to an aromatic ring is 1. The summed E-state index contributed by atoms with van der Waals surface area (Å²) in [4.78, 5) is 33.7. The number of ketones is 1. The van der Waals surface area contributed by atoms with Crippen LogP contribution in [0.2, 0.25) is 0 Å². The summed E-state index contributed by atoms with van der Waals surface area (Å²) in [6.07, 6.45) is 2.56. The lowest BCUT2D eigenvalue weighted by Crippen LogP contribution is -2.43. The number of nitrogens with two attached hydrogens (primary N) is 1. The van der Waals surface area contributed by atoms with Crippen molar-refractivity contribution in [2.45, 2.75) is 19.4 Å². The summed E-state index contributed by atoms with van der Waals surface area (Å²) < 4.78 is 10.8. The number of aromatic nitrogens is 1. The summed E-state index contributed by atoms with van der Waals surface area (Å²) in [7, 11) is 3.94. The zero-order chi connectivity index (χ0) is 25.5. The number of nitrogens with one attached hydrogen (secondary N) is 1. The van der Waals surface area contributed by atoms with Crippen molar-refractivity contribution in [2.75, 3.05) is 46.3 Å². The standard InChI is InChI=1S/C26H31N5O4S/c1-30(2)9-10-31(26(33)28-8-7-18-4-6-24-25(11-18)35-17-34-24)14-19-3-5-22(29-13-19)23(32)12-20-15-36-16-21(20)27/h3-6,11,13,15-16H,7-10,12,14,17,27H2,1-2H3,(H,28,33). The fraction of sp³-hybridized carbons (Fsp3) is 0.346. The van der Waals surface area contributed by atoms with Crippen molar-refractivity contribution in [3.8, 4) is 11.5 Å². The number of urea groups is 1. The summed E-state index contributed by atoms with van der Waals surface area (Å²) in [5, 5.41) is 6.72. The Morgan fingerprint density at radius 3 is 2.61 bits per heavy atom. The van der Waals surface area contributed by atoms with Crippen molar-refractivity contribution in [2.24, 2.45) is 0 Å². The molecule has 4 rings (SSSR count). The monoisotopic (exact) mass is 509 g/mol. The number of carbonyl (C=O) groups excluding carboxylic acids is 2. The molecule has 0 saturated carbocycles. The molecule has 1 aliphatic heterocycles. The van der Waals surface area contributed by atoms with E-state index in [1.165, 1.54) is 11.3 Å². The lowest BCUT2D eigenvalue weighted by Gasteiger charge is -2.25. The quantitative estimate of drug-likeness (QED) is 0.382. The largest absolute Gasteiger partial charge is 0.454 e. The lowest BCUT2D eigenvalue weighted by atomic mass is 10.1. The van der Waals surface area contributed by atoms with Gasteiger partial charge in [-0.2, -0.15) is 0 Å². The van der Waals surface area contributed by atoms with Crippen molar-refractivity contribution in [3.63, 3.8) is 0 Å². The Balaban J connectivity index is 1.33. The molecule has 3 N–H and O–H groups in total. The predicted octanol–water partition coefficient (Wildman–Crippen LogP) is 3.20. The van der Waals surface area contributed by atoms with Gasteiger partial charge in [0.2, 0.25) is 6.79 Å². The first-order valence-corrected chi connectivity index (χ1v) is 12.7. The summed E-state index contributed by atoms with van der Waals surface area (Å²) in [6, 6.07) is 9.22. The summed E-state index contributed by atoms with van der Waals surface area (Å²) in [6.45, 7) is 2.41. The van der Waals surface area contributed by atoms with Crippen molar-refractivity contribution >= 4 is 28.8 Å². The highest BCUT2D eigenvalue weighted by Gasteiger charge is 2.17. The van der Waals surface area contributed by atoms with Gasteiger partial charge in [0.1, 0.15) is 5.69 Å². The van der Waals surface area contributed by atoms with E-state index in [4.69, 9.17) is 15.2 Å². The number of fused-ring (bicyclic) bond motifs is 1. The Bertz CT molecular complexity index is 1200. The molecule has 36 heavy (non-hydrogen) atoms. The molecule has 9 nitrogen and oxygen atoms in total. The van der Waals surface area contributed by atoms with Crippen LogP contribution in [0.4, 0.5) is 10.5 Å². The normalized spacial score (nSPS) is 12.1. The van der Waals surface area contributed by atoms with E-state index in [1.807, 2.05) is 54.0 Å². The minimum atomic E-state index is -0.148. The first-order chi connectivity index (χ1) is 17.4. The van der Waals surface area contributed by atoms with Gasteiger partial charge in [-0.3, -0.25) is 9.78 Å². The fourth-order valence-corrected chi connectivity index (χ4v) is 4.49. The van der Waals surface area contributed by atoms with Gasteiger partial charge in [-0.1, -0.05) is 12.1 Å². The van der Waals surface area contributed by atoms with E-state index in [0.29, 0.717) is 37.4 Å². The van der Waals surface area contributed by atoms with E-state index in [0.717, 1.165) is 34.7 Å². The van der Waals surface area contributed by atoms with Crippen LogP contribution in [0.1, 0.15) is 27.2 Å². The third-order valence-corrected chi connectivity index (χ3v) is 6.65. The van der Waals surface area contributed by atoms with Gasteiger partial charge in [-0.15, -0.1) is 11.3 Å². The number of pyridine rings is 1. The Labute approximate surface area is 214 Å². The van der Waals surface area contributed by atoms with Crippen LogP contribution in [0, 0.1) is 0 Å². The highest BCUT2D eigenvalue weighted by atomic mass is 32.1. The number of thiophene rings is 1. The summed E-state index contributed by atoms with van der Waals surface area (Å²) in [5.74, 6) is 1.39. The predicted molar refractivity (Wildman–Crippen MR) is 140 cm³/mol. The van der Waals surface area contributed by atoms with E-state index >= 15 is 0 Å².